The van der Waals surface area contributed by atoms with Gasteiger partial charge in [-0.1, -0.05) is 29.5 Å². The number of aromatic nitrogens is 1. The summed E-state index contributed by atoms with van der Waals surface area (Å²) in [6, 6.07) is 14.6. The molecular weight excluding hydrogens is 382 g/mol. The summed E-state index contributed by atoms with van der Waals surface area (Å²) in [4.78, 5) is 14.2. The molecule has 8 heteroatoms. The molecule has 3 rings (SSSR count). The van der Waals surface area contributed by atoms with Crippen LogP contribution < -0.4 is 14.5 Å². The maximum absolute atomic E-state index is 12.6. The number of hydrogen-bond acceptors (Lipinski definition) is 5. The summed E-state index contributed by atoms with van der Waals surface area (Å²) in [6.45, 7) is 4.70. The van der Waals surface area contributed by atoms with Crippen molar-refractivity contribution in [3.63, 3.8) is 0 Å². The monoisotopic (exact) mass is 405 g/mol. The lowest BCUT2D eigenvalue weighted by atomic mass is 10.3. The molecule has 27 heavy (non-hydrogen) atoms. The second kappa shape index (κ2) is 7.84. The summed E-state index contributed by atoms with van der Waals surface area (Å²) in [7, 11) is -1.72. The van der Waals surface area contributed by atoms with Crippen LogP contribution in [0, 0.1) is 0 Å². The van der Waals surface area contributed by atoms with Gasteiger partial charge < -0.3 is 4.90 Å². The Morgan fingerprint density at radius 3 is 2.52 bits per heavy atom. The van der Waals surface area contributed by atoms with E-state index in [9.17, 15) is 13.2 Å². The molecule has 0 aliphatic rings. The van der Waals surface area contributed by atoms with Crippen LogP contribution in [0.2, 0.25) is 0 Å². The predicted molar refractivity (Wildman–Crippen MR) is 111 cm³/mol. The Hall–Kier alpha value is -2.16. The van der Waals surface area contributed by atoms with Crippen LogP contribution in [0.4, 0.5) is 5.69 Å². The van der Waals surface area contributed by atoms with E-state index >= 15 is 0 Å². The molecule has 0 saturated carbocycles. The van der Waals surface area contributed by atoms with Crippen molar-refractivity contribution in [2.24, 2.45) is 0 Å². The van der Waals surface area contributed by atoms with Crippen LogP contribution in [0.3, 0.4) is 0 Å². The first-order valence-corrected chi connectivity index (χ1v) is 11.0. The van der Waals surface area contributed by atoms with Gasteiger partial charge in [0.2, 0.25) is 10.0 Å². The Balaban J connectivity index is 1.74. The van der Waals surface area contributed by atoms with E-state index in [4.69, 9.17) is 0 Å². The first kappa shape index (κ1) is 19.6. The standard InChI is InChI=1S/C19H23N3O3S2/c1-14(2)22-17-10-9-16(13-18(17)26-19(22)23)27(24,25)20-11-12-21(3)15-7-5-4-6-8-15/h4-10,13-14,20H,11-12H2,1-3H3. The van der Waals surface area contributed by atoms with Gasteiger partial charge in [-0.05, 0) is 44.2 Å². The van der Waals surface area contributed by atoms with Crippen molar-refractivity contribution < 1.29 is 8.42 Å². The molecule has 6 nitrogen and oxygen atoms in total. The molecule has 0 aliphatic heterocycles. The second-order valence-corrected chi connectivity index (χ2v) is 9.38. The average Bonchev–Trinajstić information content (AvgIpc) is 2.97. The lowest BCUT2D eigenvalue weighted by molar-refractivity contribution is 0.581. The minimum Gasteiger partial charge on any atom is -0.373 e. The molecule has 144 valence electrons. The Morgan fingerprint density at radius 1 is 1.15 bits per heavy atom. The molecule has 3 aromatic rings. The Kier molecular flexibility index (Phi) is 5.69. The first-order chi connectivity index (χ1) is 12.8. The fourth-order valence-electron chi connectivity index (χ4n) is 2.92. The van der Waals surface area contributed by atoms with E-state index < -0.39 is 10.0 Å². The predicted octanol–water partition coefficient (Wildman–Crippen LogP) is 3.06. The van der Waals surface area contributed by atoms with Crippen molar-refractivity contribution in [1.82, 2.24) is 9.29 Å². The molecule has 1 aromatic heterocycles. The third-order valence-corrected chi connectivity index (χ3v) is 6.72. The van der Waals surface area contributed by atoms with E-state index in [1.807, 2.05) is 56.1 Å². The number of anilines is 1. The van der Waals surface area contributed by atoms with Crippen molar-refractivity contribution in [2.75, 3.05) is 25.0 Å². The fourth-order valence-corrected chi connectivity index (χ4v) is 5.09. The number of fused-ring (bicyclic) bond motifs is 1. The van der Waals surface area contributed by atoms with Gasteiger partial charge in [-0.15, -0.1) is 0 Å². The fraction of sp³-hybridized carbons (Fsp3) is 0.316. The summed E-state index contributed by atoms with van der Waals surface area (Å²) in [5.74, 6) is 0. The van der Waals surface area contributed by atoms with Gasteiger partial charge in [-0.3, -0.25) is 9.36 Å². The third-order valence-electron chi connectivity index (χ3n) is 4.35. The minimum atomic E-state index is -3.63. The summed E-state index contributed by atoms with van der Waals surface area (Å²) < 4.78 is 30.2. The quantitative estimate of drug-likeness (QED) is 0.656. The van der Waals surface area contributed by atoms with E-state index in [-0.39, 0.29) is 22.4 Å². The number of nitrogens with one attached hydrogen (secondary N) is 1. The second-order valence-electron chi connectivity index (χ2n) is 6.62. The zero-order valence-corrected chi connectivity index (χ0v) is 17.2. The number of para-hydroxylation sites is 1. The zero-order valence-electron chi connectivity index (χ0n) is 15.5. The van der Waals surface area contributed by atoms with Crippen LogP contribution in [0.25, 0.3) is 10.2 Å². The number of nitrogens with zero attached hydrogens (tertiary/aromatic N) is 2. The highest BCUT2D eigenvalue weighted by Crippen LogP contribution is 2.24. The van der Waals surface area contributed by atoms with Crippen LogP contribution in [0.5, 0.6) is 0 Å². The zero-order chi connectivity index (χ0) is 19.6. The Bertz CT molecular complexity index is 1090. The lowest BCUT2D eigenvalue weighted by Gasteiger charge is -2.19. The molecule has 0 saturated heterocycles. The largest absolute Gasteiger partial charge is 0.373 e. The average molecular weight is 406 g/mol. The van der Waals surface area contributed by atoms with Crippen molar-refractivity contribution in [3.8, 4) is 0 Å². The van der Waals surface area contributed by atoms with Gasteiger partial charge in [0.25, 0.3) is 0 Å². The smallest absolute Gasteiger partial charge is 0.308 e. The van der Waals surface area contributed by atoms with E-state index in [1.54, 1.807) is 22.8 Å². The Morgan fingerprint density at radius 2 is 1.85 bits per heavy atom. The number of benzene rings is 2. The number of sulfonamides is 1. The van der Waals surface area contributed by atoms with Gasteiger partial charge in [0.15, 0.2) is 0 Å². The van der Waals surface area contributed by atoms with E-state index in [2.05, 4.69) is 4.72 Å². The van der Waals surface area contributed by atoms with Gasteiger partial charge in [0, 0.05) is 31.9 Å². The highest BCUT2D eigenvalue weighted by molar-refractivity contribution is 7.89. The van der Waals surface area contributed by atoms with Crippen molar-refractivity contribution >= 4 is 37.3 Å². The highest BCUT2D eigenvalue weighted by atomic mass is 32.2. The van der Waals surface area contributed by atoms with Gasteiger partial charge in [0.05, 0.1) is 15.1 Å². The molecule has 0 amide bonds. The molecule has 0 aliphatic carbocycles. The molecular formula is C19H23N3O3S2. The molecule has 2 aromatic carbocycles. The summed E-state index contributed by atoms with van der Waals surface area (Å²) in [5.41, 5.74) is 1.79. The van der Waals surface area contributed by atoms with Crippen LogP contribution in [0.15, 0.2) is 58.2 Å². The number of rotatable bonds is 7. The molecule has 0 fully saturated rings. The first-order valence-electron chi connectivity index (χ1n) is 8.70. The topological polar surface area (TPSA) is 71.4 Å². The van der Waals surface area contributed by atoms with E-state index in [0.29, 0.717) is 11.2 Å². The molecule has 0 radical (unpaired) electrons. The third kappa shape index (κ3) is 4.23. The summed E-state index contributed by atoms with van der Waals surface area (Å²) >= 11 is 1.07. The van der Waals surface area contributed by atoms with Gasteiger partial charge in [-0.25, -0.2) is 13.1 Å². The highest BCUT2D eigenvalue weighted by Gasteiger charge is 2.17. The molecule has 1 heterocycles. The normalized spacial score (nSPS) is 12.0. The summed E-state index contributed by atoms with van der Waals surface area (Å²) in [5, 5.41) is 0. The van der Waals surface area contributed by atoms with Crippen LogP contribution in [-0.2, 0) is 10.0 Å². The van der Waals surface area contributed by atoms with Gasteiger partial charge in [0.1, 0.15) is 0 Å². The van der Waals surface area contributed by atoms with E-state index in [0.717, 1.165) is 22.5 Å². The van der Waals surface area contributed by atoms with Crippen molar-refractivity contribution in [2.45, 2.75) is 24.8 Å². The number of hydrogen-bond donors (Lipinski definition) is 1. The van der Waals surface area contributed by atoms with Crippen LogP contribution in [0.1, 0.15) is 19.9 Å². The maximum Gasteiger partial charge on any atom is 0.308 e. The van der Waals surface area contributed by atoms with Crippen molar-refractivity contribution in [3.05, 3.63) is 58.2 Å². The molecule has 1 N–H and O–H groups in total. The number of thiazole rings is 1. The number of likely N-dealkylation sites (N-methyl/N-ethyl adjacent to an activating group) is 1. The van der Waals surface area contributed by atoms with Gasteiger partial charge >= 0.3 is 4.87 Å². The van der Waals surface area contributed by atoms with Crippen LogP contribution >= 0.6 is 11.3 Å². The van der Waals surface area contributed by atoms with Gasteiger partial charge in [-0.2, -0.15) is 0 Å². The summed E-state index contributed by atoms with van der Waals surface area (Å²) in [6.07, 6.45) is 0. The molecule has 0 spiro atoms. The van der Waals surface area contributed by atoms with E-state index in [1.165, 1.54) is 0 Å². The molecule has 0 atom stereocenters. The molecule has 0 bridgehead atoms. The maximum atomic E-state index is 12.6. The van der Waals surface area contributed by atoms with Crippen molar-refractivity contribution in [1.29, 1.82) is 0 Å². The lowest BCUT2D eigenvalue weighted by Crippen LogP contribution is -2.33. The minimum absolute atomic E-state index is 0.0281. The molecule has 0 unspecified atom stereocenters. The van der Waals surface area contributed by atoms with Crippen LogP contribution in [-0.4, -0.2) is 33.1 Å². The Labute approximate surface area is 163 Å². The SMILES string of the molecule is CC(C)n1c(=O)sc2cc(S(=O)(=O)NCCN(C)c3ccccc3)ccc21.